The van der Waals surface area contributed by atoms with E-state index in [-0.39, 0.29) is 6.04 Å². The number of nitrogens with zero attached hydrogens (tertiary/aromatic N) is 1. The summed E-state index contributed by atoms with van der Waals surface area (Å²) in [5.41, 5.74) is 9.33. The van der Waals surface area contributed by atoms with Crippen molar-refractivity contribution in [2.45, 2.75) is 39.4 Å². The zero-order valence-electron chi connectivity index (χ0n) is 12.3. The van der Waals surface area contributed by atoms with Gasteiger partial charge >= 0.3 is 6.18 Å². The average Bonchev–Trinajstić information content (AvgIpc) is 2.31. The van der Waals surface area contributed by atoms with Crippen LogP contribution in [0.4, 0.5) is 13.2 Å². The van der Waals surface area contributed by atoms with Crippen molar-refractivity contribution in [1.82, 2.24) is 4.90 Å². The average molecular weight is 288 g/mol. The standard InChI is InChI=1S/C15H23F3N2/c1-4-20(10-15(16,17)18)6-5-14(19)13-8-11(2)7-12(3)9-13/h7-9,14H,4-6,10,19H2,1-3H3. The van der Waals surface area contributed by atoms with E-state index < -0.39 is 12.7 Å². The number of alkyl halides is 3. The largest absolute Gasteiger partial charge is 0.401 e. The molecule has 1 atom stereocenters. The third-order valence-electron chi connectivity index (χ3n) is 3.28. The highest BCUT2D eigenvalue weighted by molar-refractivity contribution is 5.30. The molecule has 114 valence electrons. The molecule has 0 heterocycles. The number of nitrogens with two attached hydrogens (primary N) is 1. The van der Waals surface area contributed by atoms with Gasteiger partial charge in [0, 0.05) is 12.6 Å². The predicted octanol–water partition coefficient (Wildman–Crippen LogP) is 3.58. The summed E-state index contributed by atoms with van der Waals surface area (Å²) >= 11 is 0. The van der Waals surface area contributed by atoms with Crippen LogP contribution in [0.3, 0.4) is 0 Å². The molecule has 0 saturated heterocycles. The van der Waals surface area contributed by atoms with Gasteiger partial charge in [0.1, 0.15) is 0 Å². The Morgan fingerprint density at radius 1 is 1.15 bits per heavy atom. The first-order valence-electron chi connectivity index (χ1n) is 6.84. The number of hydrogen-bond acceptors (Lipinski definition) is 2. The Kier molecular flexibility index (Phi) is 6.02. The van der Waals surface area contributed by atoms with Crippen LogP contribution in [0, 0.1) is 13.8 Å². The lowest BCUT2D eigenvalue weighted by Gasteiger charge is -2.23. The topological polar surface area (TPSA) is 29.3 Å². The van der Waals surface area contributed by atoms with Crippen molar-refractivity contribution in [3.05, 3.63) is 34.9 Å². The fourth-order valence-electron chi connectivity index (χ4n) is 2.31. The molecule has 1 unspecified atom stereocenters. The Balaban J connectivity index is 2.59. The second-order valence-corrected chi connectivity index (χ2v) is 5.30. The van der Waals surface area contributed by atoms with E-state index in [0.717, 1.165) is 16.7 Å². The Labute approximate surface area is 118 Å². The van der Waals surface area contributed by atoms with Crippen molar-refractivity contribution in [3.63, 3.8) is 0 Å². The molecule has 1 rings (SSSR count). The van der Waals surface area contributed by atoms with E-state index in [4.69, 9.17) is 5.73 Å². The number of hydrogen-bond donors (Lipinski definition) is 1. The molecular formula is C15H23F3N2. The lowest BCUT2D eigenvalue weighted by Crippen LogP contribution is -2.35. The first kappa shape index (κ1) is 17.0. The number of halogens is 3. The smallest absolute Gasteiger partial charge is 0.324 e. The van der Waals surface area contributed by atoms with Gasteiger partial charge in [0.05, 0.1) is 6.54 Å². The van der Waals surface area contributed by atoms with Crippen LogP contribution in [0.5, 0.6) is 0 Å². The second kappa shape index (κ2) is 7.09. The van der Waals surface area contributed by atoms with Crippen LogP contribution in [-0.4, -0.2) is 30.7 Å². The third kappa shape index (κ3) is 5.92. The van der Waals surface area contributed by atoms with E-state index in [1.807, 2.05) is 26.0 Å². The Bertz CT molecular complexity index is 409. The second-order valence-electron chi connectivity index (χ2n) is 5.30. The summed E-state index contributed by atoms with van der Waals surface area (Å²) < 4.78 is 37.1. The third-order valence-corrected chi connectivity index (χ3v) is 3.28. The van der Waals surface area contributed by atoms with E-state index in [1.54, 1.807) is 6.92 Å². The molecule has 0 bridgehead atoms. The summed E-state index contributed by atoms with van der Waals surface area (Å²) in [7, 11) is 0. The van der Waals surface area contributed by atoms with Gasteiger partial charge in [-0.15, -0.1) is 0 Å². The minimum absolute atomic E-state index is 0.226. The van der Waals surface area contributed by atoms with E-state index >= 15 is 0 Å². The van der Waals surface area contributed by atoms with Crippen LogP contribution < -0.4 is 5.73 Å². The summed E-state index contributed by atoms with van der Waals surface area (Å²) in [6.45, 7) is 5.57. The fourth-order valence-corrected chi connectivity index (χ4v) is 2.31. The van der Waals surface area contributed by atoms with Gasteiger partial charge in [-0.3, -0.25) is 4.90 Å². The van der Waals surface area contributed by atoms with E-state index in [9.17, 15) is 13.2 Å². The molecule has 0 aliphatic carbocycles. The van der Waals surface area contributed by atoms with Gasteiger partial charge in [-0.05, 0) is 32.4 Å². The molecule has 5 heteroatoms. The number of benzene rings is 1. The molecule has 2 nitrogen and oxygen atoms in total. The van der Waals surface area contributed by atoms with Crippen molar-refractivity contribution < 1.29 is 13.2 Å². The molecule has 1 aromatic carbocycles. The molecule has 0 aliphatic rings. The molecule has 0 aromatic heterocycles. The Hall–Kier alpha value is -1.07. The number of aryl methyl sites for hydroxylation is 2. The van der Waals surface area contributed by atoms with E-state index in [1.165, 1.54) is 4.90 Å². The molecule has 0 saturated carbocycles. The van der Waals surface area contributed by atoms with Crippen LogP contribution in [0.1, 0.15) is 36.1 Å². The number of rotatable bonds is 6. The zero-order chi connectivity index (χ0) is 15.3. The molecule has 2 N–H and O–H groups in total. The van der Waals surface area contributed by atoms with E-state index in [0.29, 0.717) is 19.5 Å². The summed E-state index contributed by atoms with van der Waals surface area (Å²) in [5.74, 6) is 0. The molecular weight excluding hydrogens is 265 g/mol. The van der Waals surface area contributed by atoms with Gasteiger partial charge in [-0.2, -0.15) is 13.2 Å². The highest BCUT2D eigenvalue weighted by Gasteiger charge is 2.30. The molecule has 0 fully saturated rings. The lowest BCUT2D eigenvalue weighted by atomic mass is 9.99. The van der Waals surface area contributed by atoms with Crippen molar-refractivity contribution in [2.75, 3.05) is 19.6 Å². The van der Waals surface area contributed by atoms with Crippen molar-refractivity contribution >= 4 is 0 Å². The van der Waals surface area contributed by atoms with Gasteiger partial charge in [0.15, 0.2) is 0 Å². The van der Waals surface area contributed by atoms with Crippen LogP contribution >= 0.6 is 0 Å². The van der Waals surface area contributed by atoms with Crippen molar-refractivity contribution in [3.8, 4) is 0 Å². The summed E-state index contributed by atoms with van der Waals surface area (Å²) in [6.07, 6.45) is -3.63. The minimum Gasteiger partial charge on any atom is -0.324 e. The van der Waals surface area contributed by atoms with E-state index in [2.05, 4.69) is 6.07 Å². The van der Waals surface area contributed by atoms with Gasteiger partial charge in [-0.1, -0.05) is 36.2 Å². The van der Waals surface area contributed by atoms with Crippen LogP contribution in [0.15, 0.2) is 18.2 Å². The maximum atomic E-state index is 12.4. The quantitative estimate of drug-likeness (QED) is 0.867. The van der Waals surface area contributed by atoms with Gasteiger partial charge in [-0.25, -0.2) is 0 Å². The van der Waals surface area contributed by atoms with Crippen molar-refractivity contribution in [1.29, 1.82) is 0 Å². The lowest BCUT2D eigenvalue weighted by molar-refractivity contribution is -0.145. The first-order chi connectivity index (χ1) is 9.21. The van der Waals surface area contributed by atoms with Crippen LogP contribution in [0.25, 0.3) is 0 Å². The molecule has 0 spiro atoms. The summed E-state index contributed by atoms with van der Waals surface area (Å²) in [4.78, 5) is 1.38. The molecule has 1 aromatic rings. The van der Waals surface area contributed by atoms with Crippen LogP contribution in [0.2, 0.25) is 0 Å². The predicted molar refractivity (Wildman–Crippen MR) is 75.6 cm³/mol. The normalized spacial score (nSPS) is 13.8. The summed E-state index contributed by atoms with van der Waals surface area (Å²) in [5, 5.41) is 0. The maximum absolute atomic E-state index is 12.4. The monoisotopic (exact) mass is 288 g/mol. The Morgan fingerprint density at radius 2 is 1.70 bits per heavy atom. The molecule has 0 aliphatic heterocycles. The van der Waals surface area contributed by atoms with Crippen LogP contribution in [-0.2, 0) is 0 Å². The van der Waals surface area contributed by atoms with Gasteiger partial charge in [0.2, 0.25) is 0 Å². The molecule has 0 radical (unpaired) electrons. The highest BCUT2D eigenvalue weighted by atomic mass is 19.4. The minimum atomic E-state index is -4.15. The maximum Gasteiger partial charge on any atom is 0.401 e. The van der Waals surface area contributed by atoms with Gasteiger partial charge < -0.3 is 5.73 Å². The molecule has 20 heavy (non-hydrogen) atoms. The van der Waals surface area contributed by atoms with Crippen molar-refractivity contribution in [2.24, 2.45) is 5.73 Å². The Morgan fingerprint density at radius 3 is 2.15 bits per heavy atom. The first-order valence-corrected chi connectivity index (χ1v) is 6.84. The summed E-state index contributed by atoms with van der Waals surface area (Å²) in [6, 6.07) is 5.82. The zero-order valence-corrected chi connectivity index (χ0v) is 12.3. The molecule has 0 amide bonds. The fraction of sp³-hybridized carbons (Fsp3) is 0.600. The van der Waals surface area contributed by atoms with Gasteiger partial charge in [0.25, 0.3) is 0 Å². The highest BCUT2D eigenvalue weighted by Crippen LogP contribution is 2.20. The SMILES string of the molecule is CCN(CCC(N)c1cc(C)cc(C)c1)CC(F)(F)F.